The van der Waals surface area contributed by atoms with Crippen molar-refractivity contribution in [2.45, 2.75) is 19.6 Å². The van der Waals surface area contributed by atoms with Crippen molar-refractivity contribution < 1.29 is 22.8 Å². The first-order chi connectivity index (χ1) is 10.3. The number of hydrogen-bond donors (Lipinski definition) is 0. The molecule has 0 unspecified atom stereocenters. The van der Waals surface area contributed by atoms with Crippen molar-refractivity contribution in [1.82, 2.24) is 9.80 Å². The van der Waals surface area contributed by atoms with Crippen LogP contribution in [-0.2, 0) is 22.3 Å². The van der Waals surface area contributed by atoms with Crippen LogP contribution in [0.3, 0.4) is 0 Å². The van der Waals surface area contributed by atoms with Crippen molar-refractivity contribution in [2.24, 2.45) is 0 Å². The first-order valence-corrected chi connectivity index (χ1v) is 6.95. The summed E-state index contributed by atoms with van der Waals surface area (Å²) < 4.78 is 38.0. The van der Waals surface area contributed by atoms with E-state index in [9.17, 15) is 22.8 Å². The van der Waals surface area contributed by atoms with Crippen molar-refractivity contribution in [3.05, 3.63) is 35.4 Å². The van der Waals surface area contributed by atoms with Crippen LogP contribution < -0.4 is 0 Å². The zero-order valence-corrected chi connectivity index (χ0v) is 12.2. The number of piperazine rings is 1. The van der Waals surface area contributed by atoms with Crippen LogP contribution in [0, 0.1) is 0 Å². The molecule has 0 saturated carbocycles. The molecular formula is C15H17F3N2O2. The molecule has 0 N–H and O–H groups in total. The molecule has 1 aliphatic heterocycles. The van der Waals surface area contributed by atoms with E-state index in [0.29, 0.717) is 38.3 Å². The lowest BCUT2D eigenvalue weighted by Crippen LogP contribution is -2.49. The van der Waals surface area contributed by atoms with Gasteiger partial charge in [0.05, 0.1) is 5.56 Å². The van der Waals surface area contributed by atoms with Crippen LogP contribution >= 0.6 is 0 Å². The Hall–Kier alpha value is -1.89. The lowest BCUT2D eigenvalue weighted by molar-refractivity contribution is -0.144. The molecule has 1 fully saturated rings. The van der Waals surface area contributed by atoms with Gasteiger partial charge in [0.2, 0.25) is 5.78 Å². The highest BCUT2D eigenvalue weighted by atomic mass is 19.4. The number of hydrogen-bond acceptors (Lipinski definition) is 3. The molecule has 0 bridgehead atoms. The summed E-state index contributed by atoms with van der Waals surface area (Å²) in [5.41, 5.74) is -0.0726. The lowest BCUT2D eigenvalue weighted by Gasteiger charge is -2.34. The maximum atomic E-state index is 12.7. The molecule has 0 radical (unpaired) electrons. The van der Waals surface area contributed by atoms with E-state index in [1.165, 1.54) is 17.9 Å². The molecule has 1 amide bonds. The van der Waals surface area contributed by atoms with E-state index in [1.807, 2.05) is 4.90 Å². The van der Waals surface area contributed by atoms with E-state index >= 15 is 0 Å². The molecule has 1 aromatic rings. The Morgan fingerprint density at radius 1 is 1.14 bits per heavy atom. The molecule has 4 nitrogen and oxygen atoms in total. The van der Waals surface area contributed by atoms with Gasteiger partial charge in [-0.15, -0.1) is 0 Å². The summed E-state index contributed by atoms with van der Waals surface area (Å²) in [6.45, 7) is 3.53. The molecule has 1 aliphatic rings. The molecule has 22 heavy (non-hydrogen) atoms. The number of alkyl halides is 3. The predicted octanol–water partition coefficient (Wildman–Crippen LogP) is 1.94. The Bertz CT molecular complexity index is 564. The monoisotopic (exact) mass is 314 g/mol. The number of halogens is 3. The molecule has 0 aromatic heterocycles. The van der Waals surface area contributed by atoms with E-state index in [0.717, 1.165) is 12.1 Å². The third kappa shape index (κ3) is 4.07. The number of rotatable bonds is 3. The van der Waals surface area contributed by atoms with Crippen molar-refractivity contribution in [3.63, 3.8) is 0 Å². The van der Waals surface area contributed by atoms with Gasteiger partial charge in [-0.3, -0.25) is 14.5 Å². The molecule has 1 heterocycles. The maximum Gasteiger partial charge on any atom is 0.416 e. The summed E-state index contributed by atoms with van der Waals surface area (Å²) in [6, 6.07) is 5.25. The lowest BCUT2D eigenvalue weighted by atomic mass is 10.1. The average Bonchev–Trinajstić information content (AvgIpc) is 2.46. The van der Waals surface area contributed by atoms with Crippen LogP contribution in [-0.4, -0.2) is 47.7 Å². The number of ketones is 1. The van der Waals surface area contributed by atoms with Crippen LogP contribution in [0.5, 0.6) is 0 Å². The predicted molar refractivity (Wildman–Crippen MR) is 74.0 cm³/mol. The molecule has 1 saturated heterocycles. The Balaban J connectivity index is 1.94. The molecule has 120 valence electrons. The first-order valence-electron chi connectivity index (χ1n) is 6.95. The third-order valence-corrected chi connectivity index (χ3v) is 3.62. The van der Waals surface area contributed by atoms with Gasteiger partial charge in [-0.05, 0) is 11.6 Å². The average molecular weight is 314 g/mol. The van der Waals surface area contributed by atoms with Gasteiger partial charge >= 0.3 is 6.18 Å². The fraction of sp³-hybridized carbons (Fsp3) is 0.467. The highest BCUT2D eigenvalue weighted by molar-refractivity contribution is 6.35. The van der Waals surface area contributed by atoms with Crippen molar-refractivity contribution in [1.29, 1.82) is 0 Å². The maximum absolute atomic E-state index is 12.7. The first kappa shape index (κ1) is 16.5. The van der Waals surface area contributed by atoms with Crippen LogP contribution in [0.25, 0.3) is 0 Å². The minimum Gasteiger partial charge on any atom is -0.334 e. The van der Waals surface area contributed by atoms with E-state index in [1.54, 1.807) is 6.07 Å². The molecule has 0 spiro atoms. The number of benzene rings is 1. The van der Waals surface area contributed by atoms with Gasteiger partial charge in [0.25, 0.3) is 5.91 Å². The van der Waals surface area contributed by atoms with Crippen molar-refractivity contribution in [2.75, 3.05) is 26.2 Å². The molecule has 1 aromatic carbocycles. The van der Waals surface area contributed by atoms with Crippen LogP contribution in [0.1, 0.15) is 18.1 Å². The molecule has 0 atom stereocenters. The van der Waals surface area contributed by atoms with Gasteiger partial charge in [-0.2, -0.15) is 13.2 Å². The van der Waals surface area contributed by atoms with E-state index in [-0.39, 0.29) is 0 Å². The number of carbonyl (C=O) groups is 2. The second-order valence-corrected chi connectivity index (χ2v) is 5.32. The Morgan fingerprint density at radius 3 is 2.32 bits per heavy atom. The standard InChI is InChI=1S/C15H17F3N2O2/c1-11(21)14(22)20-7-5-19(6-8-20)10-12-3-2-4-13(9-12)15(16,17)18/h2-4,9H,5-8,10H2,1H3. The van der Waals surface area contributed by atoms with Crippen molar-refractivity contribution in [3.8, 4) is 0 Å². The largest absolute Gasteiger partial charge is 0.416 e. The highest BCUT2D eigenvalue weighted by Gasteiger charge is 2.30. The van der Waals surface area contributed by atoms with Crippen LogP contribution in [0.4, 0.5) is 13.2 Å². The van der Waals surface area contributed by atoms with Gasteiger partial charge in [0.1, 0.15) is 0 Å². The number of nitrogens with zero attached hydrogens (tertiary/aromatic N) is 2. The van der Waals surface area contributed by atoms with E-state index < -0.39 is 23.4 Å². The normalized spacial score (nSPS) is 16.6. The minimum absolute atomic E-state index is 0.395. The quantitative estimate of drug-likeness (QED) is 0.801. The third-order valence-electron chi connectivity index (χ3n) is 3.62. The van der Waals surface area contributed by atoms with Gasteiger partial charge in [0.15, 0.2) is 0 Å². The van der Waals surface area contributed by atoms with E-state index in [4.69, 9.17) is 0 Å². The summed E-state index contributed by atoms with van der Waals surface area (Å²) in [6.07, 6.45) is -4.34. The van der Waals surface area contributed by atoms with Gasteiger partial charge in [0, 0.05) is 39.6 Å². The van der Waals surface area contributed by atoms with Gasteiger partial charge < -0.3 is 4.90 Å². The summed E-state index contributed by atoms with van der Waals surface area (Å²) in [5.74, 6) is -0.995. The SMILES string of the molecule is CC(=O)C(=O)N1CCN(Cc2cccc(C(F)(F)F)c2)CC1. The molecule has 7 heteroatoms. The second kappa shape index (κ2) is 6.48. The number of Topliss-reactive ketones (excluding diaryl/α,β-unsaturated/α-hetero) is 1. The van der Waals surface area contributed by atoms with Gasteiger partial charge in [-0.1, -0.05) is 18.2 Å². The fourth-order valence-electron chi connectivity index (χ4n) is 2.44. The summed E-state index contributed by atoms with van der Waals surface area (Å²) in [7, 11) is 0. The summed E-state index contributed by atoms with van der Waals surface area (Å²) in [5, 5.41) is 0. The highest BCUT2D eigenvalue weighted by Crippen LogP contribution is 2.29. The van der Waals surface area contributed by atoms with E-state index in [2.05, 4.69) is 0 Å². The molecular weight excluding hydrogens is 297 g/mol. The van der Waals surface area contributed by atoms with Crippen LogP contribution in [0.2, 0.25) is 0 Å². The van der Waals surface area contributed by atoms with Crippen LogP contribution in [0.15, 0.2) is 24.3 Å². The Labute approximate surface area is 126 Å². The fourth-order valence-corrected chi connectivity index (χ4v) is 2.44. The zero-order chi connectivity index (χ0) is 16.3. The van der Waals surface area contributed by atoms with Gasteiger partial charge in [-0.25, -0.2) is 0 Å². The molecule has 0 aliphatic carbocycles. The zero-order valence-electron chi connectivity index (χ0n) is 12.2. The topological polar surface area (TPSA) is 40.6 Å². The number of carbonyl (C=O) groups excluding carboxylic acids is 2. The summed E-state index contributed by atoms with van der Waals surface area (Å²) >= 11 is 0. The summed E-state index contributed by atoms with van der Waals surface area (Å²) in [4.78, 5) is 26.0. The molecule has 2 rings (SSSR count). The Kier molecular flexibility index (Phi) is 4.85. The van der Waals surface area contributed by atoms with Crippen molar-refractivity contribution >= 4 is 11.7 Å². The second-order valence-electron chi connectivity index (χ2n) is 5.32. The Morgan fingerprint density at radius 2 is 1.77 bits per heavy atom. The number of amides is 1. The minimum atomic E-state index is -4.34. The smallest absolute Gasteiger partial charge is 0.334 e.